The first-order chi connectivity index (χ1) is 25.2. The van der Waals surface area contributed by atoms with E-state index in [1.165, 1.54) is 51.7 Å². The summed E-state index contributed by atoms with van der Waals surface area (Å²) in [5.74, 6) is -1.76. The van der Waals surface area contributed by atoms with Gasteiger partial charge in [-0.25, -0.2) is 13.2 Å². The number of oxime groups is 1. The van der Waals surface area contributed by atoms with Crippen molar-refractivity contribution in [3.63, 3.8) is 0 Å². The molecule has 0 bridgehead atoms. The van der Waals surface area contributed by atoms with Crippen LogP contribution in [0.2, 0.25) is 0 Å². The summed E-state index contributed by atoms with van der Waals surface area (Å²) in [4.78, 5) is 54.0. The third-order valence-corrected chi connectivity index (χ3v) is 11.0. The number of nitro benzene ring substituents is 1. The molecule has 1 aliphatic rings. The van der Waals surface area contributed by atoms with Crippen molar-refractivity contribution in [2.75, 3.05) is 19.6 Å². The van der Waals surface area contributed by atoms with Crippen LogP contribution in [0.1, 0.15) is 50.8 Å². The second-order valence-electron chi connectivity index (χ2n) is 13.5. The molecule has 0 spiro atoms. The molecule has 53 heavy (non-hydrogen) atoms. The Morgan fingerprint density at radius 2 is 1.68 bits per heavy atom. The average Bonchev–Trinajstić information content (AvgIpc) is 3.39. The van der Waals surface area contributed by atoms with Crippen LogP contribution in [0, 0.1) is 22.0 Å². The van der Waals surface area contributed by atoms with Crippen LogP contribution in [0.5, 0.6) is 0 Å². The summed E-state index contributed by atoms with van der Waals surface area (Å²) in [5.41, 5.74) is 1.42. The van der Waals surface area contributed by atoms with Gasteiger partial charge in [-0.05, 0) is 47.1 Å². The summed E-state index contributed by atoms with van der Waals surface area (Å²) in [7, 11) is -4.14. The number of aliphatic hydroxyl groups excluding tert-OH is 1. The van der Waals surface area contributed by atoms with Gasteiger partial charge in [0, 0.05) is 25.2 Å². The monoisotopic (exact) mass is 750 g/mol. The molecular weight excluding hydrogens is 705 g/mol. The molecule has 0 unspecified atom stereocenters. The number of non-ortho nitro benzene ring substituents is 1. The van der Waals surface area contributed by atoms with E-state index in [2.05, 4.69) is 10.5 Å². The molecule has 4 amide bonds. The smallest absolute Gasteiger partial charge is 0.328 e. The van der Waals surface area contributed by atoms with Gasteiger partial charge in [0.2, 0.25) is 15.9 Å². The van der Waals surface area contributed by atoms with Gasteiger partial charge in [0.25, 0.3) is 11.6 Å². The molecular formula is C37H46N6O9S. The van der Waals surface area contributed by atoms with E-state index in [1.807, 2.05) is 39.0 Å². The normalized spacial score (nSPS) is 16.0. The van der Waals surface area contributed by atoms with Crippen molar-refractivity contribution in [3.8, 4) is 0 Å². The summed E-state index contributed by atoms with van der Waals surface area (Å²) < 4.78 is 29.0. The third kappa shape index (κ3) is 10.2. The number of rotatable bonds is 18. The number of hydrogen-bond acceptors (Lipinski definition) is 10. The van der Waals surface area contributed by atoms with Crippen molar-refractivity contribution in [3.05, 3.63) is 106 Å². The number of carbonyl (C=O) groups excluding carboxylic acids is 3. The minimum Gasteiger partial charge on any atom is -0.411 e. The zero-order valence-electron chi connectivity index (χ0n) is 30.1. The number of amides is 4. The number of imide groups is 1. The van der Waals surface area contributed by atoms with Gasteiger partial charge < -0.3 is 20.5 Å². The van der Waals surface area contributed by atoms with Crippen LogP contribution < -0.4 is 5.32 Å². The second kappa shape index (κ2) is 18.0. The summed E-state index contributed by atoms with van der Waals surface area (Å²) in [6.07, 6.45) is 0.330. The molecule has 3 N–H and O–H groups in total. The predicted molar refractivity (Wildman–Crippen MR) is 196 cm³/mol. The molecule has 284 valence electrons. The van der Waals surface area contributed by atoms with E-state index in [-0.39, 0.29) is 42.6 Å². The summed E-state index contributed by atoms with van der Waals surface area (Å²) in [6.45, 7) is 6.35. The number of nitro groups is 1. The van der Waals surface area contributed by atoms with Crippen LogP contribution >= 0.6 is 0 Å². The third-order valence-electron chi connectivity index (χ3n) is 9.11. The van der Waals surface area contributed by atoms with Crippen LogP contribution in [-0.4, -0.2) is 99.6 Å². The highest BCUT2D eigenvalue weighted by atomic mass is 32.2. The summed E-state index contributed by atoms with van der Waals surface area (Å²) >= 11 is 0. The van der Waals surface area contributed by atoms with Crippen molar-refractivity contribution < 1.29 is 38.0 Å². The maximum atomic E-state index is 14.3. The largest absolute Gasteiger partial charge is 0.411 e. The topological polar surface area (TPSA) is 203 Å². The lowest BCUT2D eigenvalue weighted by molar-refractivity contribution is -0.384. The molecule has 1 heterocycles. The van der Waals surface area contributed by atoms with Crippen molar-refractivity contribution in [2.45, 2.75) is 70.2 Å². The van der Waals surface area contributed by atoms with Crippen molar-refractivity contribution in [2.24, 2.45) is 17.0 Å². The van der Waals surface area contributed by atoms with Gasteiger partial charge >= 0.3 is 6.03 Å². The number of urea groups is 1. The van der Waals surface area contributed by atoms with E-state index in [0.29, 0.717) is 17.5 Å². The van der Waals surface area contributed by atoms with Gasteiger partial charge in [-0.2, -0.15) is 4.31 Å². The number of nitrogens with one attached hydrogen (secondary N) is 1. The minimum absolute atomic E-state index is 0.0344. The summed E-state index contributed by atoms with van der Waals surface area (Å²) in [5, 5.41) is 37.8. The zero-order valence-corrected chi connectivity index (χ0v) is 30.9. The van der Waals surface area contributed by atoms with Crippen LogP contribution in [0.15, 0.2) is 88.9 Å². The maximum absolute atomic E-state index is 14.3. The average molecular weight is 751 g/mol. The lowest BCUT2D eigenvalue weighted by Gasteiger charge is -2.34. The van der Waals surface area contributed by atoms with Crippen molar-refractivity contribution in [1.29, 1.82) is 0 Å². The molecule has 0 saturated carbocycles. The van der Waals surface area contributed by atoms with E-state index in [0.717, 1.165) is 16.7 Å². The highest BCUT2D eigenvalue weighted by molar-refractivity contribution is 7.89. The lowest BCUT2D eigenvalue weighted by atomic mass is 9.95. The Balaban J connectivity index is 1.62. The highest BCUT2D eigenvalue weighted by Gasteiger charge is 2.45. The van der Waals surface area contributed by atoms with Gasteiger partial charge in [0.1, 0.15) is 12.6 Å². The van der Waals surface area contributed by atoms with E-state index < -0.39 is 63.4 Å². The number of sulfonamides is 1. The fourth-order valence-corrected chi connectivity index (χ4v) is 7.81. The van der Waals surface area contributed by atoms with Gasteiger partial charge in [0.05, 0.1) is 34.7 Å². The Hall–Kier alpha value is -5.19. The Labute approximate surface area is 309 Å². The van der Waals surface area contributed by atoms with E-state index in [1.54, 1.807) is 25.1 Å². The van der Waals surface area contributed by atoms with E-state index >= 15 is 0 Å². The van der Waals surface area contributed by atoms with Crippen molar-refractivity contribution in [1.82, 2.24) is 19.4 Å². The minimum atomic E-state index is -4.14. The van der Waals surface area contributed by atoms with Gasteiger partial charge in [-0.15, -0.1) is 0 Å². The molecule has 3 aromatic rings. The molecule has 16 heteroatoms. The number of aliphatic hydroxyl groups is 1. The quantitative estimate of drug-likeness (QED) is 0.0564. The molecule has 4 rings (SSSR count). The molecule has 15 nitrogen and oxygen atoms in total. The maximum Gasteiger partial charge on any atom is 0.328 e. The lowest BCUT2D eigenvalue weighted by Crippen LogP contribution is -2.57. The van der Waals surface area contributed by atoms with E-state index in [4.69, 9.17) is 5.21 Å². The number of carbonyl (C=O) groups is 3. The van der Waals surface area contributed by atoms with Crippen LogP contribution in [0.4, 0.5) is 10.5 Å². The summed E-state index contributed by atoms with van der Waals surface area (Å²) in [6, 6.07) is 17.5. The Morgan fingerprint density at radius 1 is 1.02 bits per heavy atom. The molecule has 4 atom stereocenters. The van der Waals surface area contributed by atoms with E-state index in [9.17, 15) is 38.0 Å². The fourth-order valence-electron chi connectivity index (χ4n) is 6.19. The van der Waals surface area contributed by atoms with Crippen LogP contribution in [-0.2, 0) is 32.6 Å². The zero-order chi connectivity index (χ0) is 38.9. The second-order valence-corrected chi connectivity index (χ2v) is 15.5. The Kier molecular flexibility index (Phi) is 13.8. The first-order valence-electron chi connectivity index (χ1n) is 17.3. The Bertz CT molecular complexity index is 1890. The molecule has 0 aliphatic carbocycles. The van der Waals surface area contributed by atoms with Crippen molar-refractivity contribution >= 4 is 39.8 Å². The van der Waals surface area contributed by atoms with Gasteiger partial charge in [0.15, 0.2) is 0 Å². The molecule has 0 radical (unpaired) electrons. The Morgan fingerprint density at radius 3 is 2.28 bits per heavy atom. The highest BCUT2D eigenvalue weighted by Crippen LogP contribution is 2.25. The number of hydrogen-bond donors (Lipinski definition) is 3. The predicted octanol–water partition coefficient (Wildman–Crippen LogP) is 4.02. The van der Waals surface area contributed by atoms with Gasteiger partial charge in [-0.3, -0.25) is 24.6 Å². The standard InChI is InChI=1S/C37H46N6O9S/c1-5-26(4)35(42-24-34(45)41(37(42)47)22-29-12-9-13-30(18-29)43(49)50)36(46)39-32(19-27-10-7-6-8-11-27)33(44)23-40(21-25(2)3)53(51,52)31-16-14-28(15-17-31)20-38-48/h6-18,20,25-26,32-33,35,44,48H,5,19,21-24H2,1-4H3,(H,39,46)/t26-,32-,33+,35-/m0/s1. The first kappa shape index (κ1) is 40.6. The number of nitrogens with zero attached hydrogens (tertiary/aromatic N) is 5. The molecule has 1 aliphatic heterocycles. The van der Waals surface area contributed by atoms with Crippen LogP contribution in [0.3, 0.4) is 0 Å². The molecule has 3 aromatic carbocycles. The molecule has 0 aromatic heterocycles. The van der Waals surface area contributed by atoms with Gasteiger partial charge in [-0.1, -0.05) is 93.9 Å². The first-order valence-corrected chi connectivity index (χ1v) is 18.7. The molecule has 1 fully saturated rings. The molecule has 1 saturated heterocycles. The number of benzene rings is 3. The SMILES string of the molecule is CC[C@H](C)[C@@H](C(=O)N[C@@H](Cc1ccccc1)[C@H](O)CN(CC(C)C)S(=O)(=O)c1ccc(C=NO)cc1)N1CC(=O)N(Cc2cccc([N+](=O)[O-])c2)C1=O. The van der Waals surface area contributed by atoms with Crippen LogP contribution in [0.25, 0.3) is 0 Å². The fraction of sp³-hybridized carbons (Fsp3) is 0.405.